The van der Waals surface area contributed by atoms with Gasteiger partial charge in [0.05, 0.1) is 6.20 Å². The minimum Gasteiger partial charge on any atom is -0.450 e. The van der Waals surface area contributed by atoms with Crippen molar-refractivity contribution >= 4 is 17.9 Å². The van der Waals surface area contributed by atoms with Crippen molar-refractivity contribution in [1.29, 1.82) is 0 Å². The molecule has 1 N–H and O–H groups in total. The lowest BCUT2D eigenvalue weighted by Gasteiger charge is -2.14. The van der Waals surface area contributed by atoms with E-state index in [0.29, 0.717) is 35.2 Å². The van der Waals surface area contributed by atoms with Gasteiger partial charge >= 0.3 is 0 Å². The van der Waals surface area contributed by atoms with Crippen LogP contribution in [-0.2, 0) is 6.54 Å². The topological polar surface area (TPSA) is 69.0 Å². The van der Waals surface area contributed by atoms with E-state index in [0.717, 1.165) is 30.7 Å². The minimum atomic E-state index is -0.829. The molecule has 0 aliphatic heterocycles. The first kappa shape index (κ1) is 21.3. The number of halogens is 2. The zero-order chi connectivity index (χ0) is 22.0. The first-order valence-electron chi connectivity index (χ1n) is 10.0. The molecule has 2 aromatic heterocycles. The van der Waals surface area contributed by atoms with E-state index in [1.807, 2.05) is 6.92 Å². The van der Waals surface area contributed by atoms with Crippen LogP contribution in [-0.4, -0.2) is 20.3 Å². The maximum atomic E-state index is 14.2. The Balaban J connectivity index is 1.78. The van der Waals surface area contributed by atoms with Crippen molar-refractivity contribution in [1.82, 2.24) is 14.5 Å². The number of benzene rings is 1. The summed E-state index contributed by atoms with van der Waals surface area (Å²) in [5.74, 6) is 0.228. The van der Waals surface area contributed by atoms with E-state index in [2.05, 4.69) is 14.7 Å². The second kappa shape index (κ2) is 9.05. The Hall–Kier alpha value is -2.94. The van der Waals surface area contributed by atoms with Crippen LogP contribution in [0.1, 0.15) is 25.3 Å². The summed E-state index contributed by atoms with van der Waals surface area (Å²) in [5.41, 5.74) is 1.59. The molecule has 1 fully saturated rings. The van der Waals surface area contributed by atoms with Gasteiger partial charge in [0.25, 0.3) is 5.56 Å². The van der Waals surface area contributed by atoms with Crippen molar-refractivity contribution in [3.8, 4) is 22.8 Å². The molecule has 31 heavy (non-hydrogen) atoms. The predicted molar refractivity (Wildman–Crippen MR) is 117 cm³/mol. The number of hydrogen-bond donors (Lipinski definition) is 1. The highest BCUT2D eigenvalue weighted by Gasteiger charge is 2.23. The van der Waals surface area contributed by atoms with E-state index in [1.165, 1.54) is 24.2 Å². The monoisotopic (exact) mass is 444 g/mol. The quantitative estimate of drug-likeness (QED) is 0.483. The van der Waals surface area contributed by atoms with E-state index in [4.69, 9.17) is 4.74 Å². The molecule has 2 heterocycles. The highest BCUT2D eigenvalue weighted by atomic mass is 32.2. The molecule has 0 atom stereocenters. The molecule has 9 heteroatoms. The third-order valence-electron chi connectivity index (χ3n) is 4.87. The standard InChI is InChI=1S/C22H22F2N4O2S/c1-3-31-27-22-25-10-19(30-18-7-6-16(23)9-17(18)24)20(26-22)15-8-13(2)21(29)28(12-15)11-14-4-5-14/h6-10,12,14H,3-5,11H2,1-2H3,(H,25,26,27). The van der Waals surface area contributed by atoms with Gasteiger partial charge in [-0.25, -0.2) is 18.7 Å². The zero-order valence-electron chi connectivity index (χ0n) is 17.2. The summed E-state index contributed by atoms with van der Waals surface area (Å²) in [6, 6.07) is 4.82. The average Bonchev–Trinajstić information content (AvgIpc) is 3.56. The minimum absolute atomic E-state index is 0.0448. The largest absolute Gasteiger partial charge is 0.450 e. The molecule has 0 radical (unpaired) electrons. The van der Waals surface area contributed by atoms with Gasteiger partial charge in [0, 0.05) is 35.7 Å². The summed E-state index contributed by atoms with van der Waals surface area (Å²) < 4.78 is 37.9. The number of rotatable bonds is 8. The molecule has 6 nitrogen and oxygen atoms in total. The van der Waals surface area contributed by atoms with E-state index < -0.39 is 11.6 Å². The van der Waals surface area contributed by atoms with Crippen molar-refractivity contribution in [3.05, 3.63) is 64.2 Å². The summed E-state index contributed by atoms with van der Waals surface area (Å²) >= 11 is 1.43. The van der Waals surface area contributed by atoms with Crippen molar-refractivity contribution in [2.24, 2.45) is 5.92 Å². The van der Waals surface area contributed by atoms with Crippen LogP contribution in [0.25, 0.3) is 11.3 Å². The number of hydrogen-bond acceptors (Lipinski definition) is 6. The number of pyridine rings is 1. The Morgan fingerprint density at radius 3 is 2.77 bits per heavy atom. The van der Waals surface area contributed by atoms with Crippen molar-refractivity contribution in [3.63, 3.8) is 0 Å². The molecule has 3 aromatic rings. The third-order valence-corrected chi connectivity index (χ3v) is 5.48. The van der Waals surface area contributed by atoms with Crippen LogP contribution >= 0.6 is 11.9 Å². The lowest BCUT2D eigenvalue weighted by atomic mass is 10.1. The fourth-order valence-corrected chi connectivity index (χ4v) is 3.52. The smallest absolute Gasteiger partial charge is 0.253 e. The number of anilines is 1. The Bertz CT molecular complexity index is 1160. The van der Waals surface area contributed by atoms with Gasteiger partial charge in [0.15, 0.2) is 17.3 Å². The first-order chi connectivity index (χ1) is 14.9. The second-order valence-electron chi connectivity index (χ2n) is 7.43. The van der Waals surface area contributed by atoms with Crippen LogP contribution in [0.15, 0.2) is 41.5 Å². The Labute approximate surface area is 182 Å². The lowest BCUT2D eigenvalue weighted by Crippen LogP contribution is -2.22. The van der Waals surface area contributed by atoms with Crippen molar-refractivity contribution in [2.45, 2.75) is 33.2 Å². The highest BCUT2D eigenvalue weighted by molar-refractivity contribution is 8.00. The SMILES string of the molecule is CCSNc1ncc(Oc2ccc(F)cc2F)c(-c2cc(C)c(=O)n(CC3CC3)c2)n1. The van der Waals surface area contributed by atoms with Crippen LogP contribution in [0.3, 0.4) is 0 Å². The number of ether oxygens (including phenoxy) is 1. The number of aryl methyl sites for hydroxylation is 1. The van der Waals surface area contributed by atoms with Crippen LogP contribution < -0.4 is 15.0 Å². The average molecular weight is 445 g/mol. The molecule has 1 aliphatic rings. The molecule has 0 amide bonds. The Morgan fingerprint density at radius 1 is 1.26 bits per heavy atom. The molecule has 0 spiro atoms. The zero-order valence-corrected chi connectivity index (χ0v) is 18.0. The van der Waals surface area contributed by atoms with Gasteiger partial charge in [-0.1, -0.05) is 18.9 Å². The Kier molecular flexibility index (Phi) is 6.22. The molecule has 1 aromatic carbocycles. The number of nitrogens with one attached hydrogen (secondary N) is 1. The van der Waals surface area contributed by atoms with Crippen LogP contribution in [0, 0.1) is 24.5 Å². The molecule has 1 aliphatic carbocycles. The summed E-state index contributed by atoms with van der Waals surface area (Å²) in [4.78, 5) is 21.4. The van der Waals surface area contributed by atoms with E-state index in [1.54, 1.807) is 23.8 Å². The Morgan fingerprint density at radius 2 is 2.06 bits per heavy atom. The maximum absolute atomic E-state index is 14.2. The maximum Gasteiger partial charge on any atom is 0.253 e. The second-order valence-corrected chi connectivity index (χ2v) is 8.50. The van der Waals surface area contributed by atoms with Gasteiger partial charge in [-0.05, 0) is 43.9 Å². The summed E-state index contributed by atoms with van der Waals surface area (Å²) in [6.07, 6.45) is 5.42. The molecule has 1 saturated carbocycles. The van der Waals surface area contributed by atoms with Crippen LogP contribution in [0.2, 0.25) is 0 Å². The van der Waals surface area contributed by atoms with Crippen LogP contribution in [0.5, 0.6) is 11.5 Å². The molecule has 162 valence electrons. The summed E-state index contributed by atoms with van der Waals surface area (Å²) in [7, 11) is 0. The molecule has 0 unspecified atom stereocenters. The van der Waals surface area contributed by atoms with E-state index in [9.17, 15) is 13.6 Å². The van der Waals surface area contributed by atoms with Crippen molar-refractivity contribution in [2.75, 3.05) is 10.5 Å². The summed E-state index contributed by atoms with van der Waals surface area (Å²) in [5, 5.41) is 0. The van der Waals surface area contributed by atoms with E-state index >= 15 is 0 Å². The summed E-state index contributed by atoms with van der Waals surface area (Å²) in [6.45, 7) is 4.39. The van der Waals surface area contributed by atoms with Gasteiger partial charge in [-0.3, -0.25) is 9.52 Å². The van der Waals surface area contributed by atoms with Gasteiger partial charge in [-0.15, -0.1) is 0 Å². The number of aromatic nitrogens is 3. The molecule has 0 bridgehead atoms. The molecule has 4 rings (SSSR count). The van der Waals surface area contributed by atoms with Gasteiger partial charge in [0.2, 0.25) is 5.95 Å². The normalized spacial score (nSPS) is 13.3. The first-order valence-corrected chi connectivity index (χ1v) is 11.0. The predicted octanol–water partition coefficient (Wildman–Crippen LogP) is 5.17. The lowest BCUT2D eigenvalue weighted by molar-refractivity contribution is 0.436. The van der Waals surface area contributed by atoms with Crippen molar-refractivity contribution < 1.29 is 13.5 Å². The number of nitrogens with zero attached hydrogens (tertiary/aromatic N) is 3. The molecular weight excluding hydrogens is 422 g/mol. The fourth-order valence-electron chi connectivity index (χ4n) is 3.14. The van der Waals surface area contributed by atoms with Crippen LogP contribution in [0.4, 0.5) is 14.7 Å². The molecular formula is C22H22F2N4O2S. The molecule has 0 saturated heterocycles. The van der Waals surface area contributed by atoms with Gasteiger partial charge in [-0.2, -0.15) is 0 Å². The highest BCUT2D eigenvalue weighted by Crippen LogP contribution is 2.35. The van der Waals surface area contributed by atoms with E-state index in [-0.39, 0.29) is 17.1 Å². The third kappa shape index (κ3) is 5.04. The van der Waals surface area contributed by atoms with Gasteiger partial charge < -0.3 is 9.30 Å². The van der Waals surface area contributed by atoms with Gasteiger partial charge in [0.1, 0.15) is 11.5 Å². The fraction of sp³-hybridized carbons (Fsp3) is 0.318.